The lowest BCUT2D eigenvalue weighted by molar-refractivity contribution is 0.0944. The number of benzene rings is 1. The number of likely N-dealkylation sites (tertiary alicyclic amines) is 1. The number of nitrogens with one attached hydrogen (secondary N) is 2. The number of para-hydroxylation sites is 2. The lowest BCUT2D eigenvalue weighted by atomic mass is 10.0. The summed E-state index contributed by atoms with van der Waals surface area (Å²) in [6, 6.07) is 7.83. The van der Waals surface area contributed by atoms with E-state index >= 15 is 0 Å². The first-order valence-corrected chi connectivity index (χ1v) is 11.6. The number of hydrogen-bond donors (Lipinski definition) is 4. The largest absolute Gasteiger partial charge is 0.383 e. The number of nitrogens with zero attached hydrogens (tertiary/aromatic N) is 5. The van der Waals surface area contributed by atoms with Crippen LogP contribution in [0.25, 0.3) is 11.0 Å². The summed E-state index contributed by atoms with van der Waals surface area (Å²) in [4.78, 5) is 39.5. The van der Waals surface area contributed by atoms with Crippen molar-refractivity contribution in [1.82, 2.24) is 35.1 Å². The summed E-state index contributed by atoms with van der Waals surface area (Å²) in [5.41, 5.74) is 13.1. The number of ether oxygens (including phenoxy) is 1. The zero-order valence-electron chi connectivity index (χ0n) is 19.3. The lowest BCUT2D eigenvalue weighted by Gasteiger charge is -2.33. The average molecular weight is 502 g/mol. The summed E-state index contributed by atoms with van der Waals surface area (Å²) in [6.45, 7) is 2.31. The molecule has 4 rings (SSSR count). The number of carbonyl (C=O) groups excluding carboxylic acids is 2. The van der Waals surface area contributed by atoms with E-state index in [0.29, 0.717) is 32.1 Å². The number of piperidine rings is 1. The van der Waals surface area contributed by atoms with E-state index in [2.05, 4.69) is 25.2 Å². The third kappa shape index (κ3) is 5.38. The Labute approximate surface area is 207 Å². The van der Waals surface area contributed by atoms with Crippen LogP contribution in [-0.2, 0) is 11.3 Å². The molecular formula is C22H28ClN9O3. The minimum atomic E-state index is -0.530. The molecule has 3 aromatic rings. The number of nitrogen functional groups attached to an aromatic ring is 2. The normalized spacial score (nSPS) is 14.3. The molecule has 1 aromatic carbocycles. The number of methoxy groups -OCH3 is 1. The summed E-state index contributed by atoms with van der Waals surface area (Å²) in [6.07, 6.45) is 1.51. The fourth-order valence-electron chi connectivity index (χ4n) is 4.18. The molecule has 0 unspecified atom stereocenters. The summed E-state index contributed by atoms with van der Waals surface area (Å²) in [5, 5.41) is 5.58. The van der Waals surface area contributed by atoms with Crippen molar-refractivity contribution in [2.45, 2.75) is 25.4 Å². The van der Waals surface area contributed by atoms with Crippen LogP contribution >= 0.6 is 11.6 Å². The molecule has 1 saturated heterocycles. The van der Waals surface area contributed by atoms with Crippen LogP contribution in [-0.4, -0.2) is 69.7 Å². The first-order valence-electron chi connectivity index (χ1n) is 11.2. The molecular weight excluding hydrogens is 474 g/mol. The standard InChI is InChI=1S/C22H28ClN9O3/c1-35-11-8-26-22(34)31-9-6-13(7-10-31)32-15-5-3-2-4-14(15)28-16(32)12-27-21(33)17-19(24)30-20(25)18(23)29-17/h2-5,13H,6-12H2,1H3,(H,26,34)(H,27,33)(H4,24,25,30). The van der Waals surface area contributed by atoms with Crippen LogP contribution in [0.2, 0.25) is 5.15 Å². The highest BCUT2D eigenvalue weighted by Gasteiger charge is 2.27. The van der Waals surface area contributed by atoms with Gasteiger partial charge in [-0.15, -0.1) is 0 Å². The van der Waals surface area contributed by atoms with E-state index in [1.165, 1.54) is 0 Å². The Bertz CT molecular complexity index is 1220. The van der Waals surface area contributed by atoms with Gasteiger partial charge < -0.3 is 36.3 Å². The van der Waals surface area contributed by atoms with Gasteiger partial charge in [0, 0.05) is 32.8 Å². The second-order valence-electron chi connectivity index (χ2n) is 8.15. The Morgan fingerprint density at radius 1 is 1.11 bits per heavy atom. The first-order chi connectivity index (χ1) is 16.9. The van der Waals surface area contributed by atoms with Crippen LogP contribution in [0.3, 0.4) is 0 Å². The van der Waals surface area contributed by atoms with E-state index in [9.17, 15) is 9.59 Å². The number of rotatable bonds is 7. The number of hydrogen-bond acceptors (Lipinski definition) is 8. The predicted molar refractivity (Wildman–Crippen MR) is 132 cm³/mol. The number of amides is 3. The van der Waals surface area contributed by atoms with E-state index in [4.69, 9.17) is 32.8 Å². The van der Waals surface area contributed by atoms with E-state index in [-0.39, 0.29) is 41.1 Å². The third-order valence-electron chi connectivity index (χ3n) is 5.90. The number of nitrogens with two attached hydrogens (primary N) is 2. The second kappa shape index (κ2) is 10.7. The predicted octanol–water partition coefficient (Wildman–Crippen LogP) is 1.57. The molecule has 12 nitrogen and oxygen atoms in total. The van der Waals surface area contributed by atoms with Gasteiger partial charge in [-0.2, -0.15) is 0 Å². The molecule has 0 bridgehead atoms. The van der Waals surface area contributed by atoms with E-state index in [0.717, 1.165) is 23.9 Å². The van der Waals surface area contributed by atoms with Crippen LogP contribution in [0.5, 0.6) is 0 Å². The SMILES string of the molecule is COCCNC(=O)N1CCC(n2c(CNC(=O)c3nc(Cl)c(N)nc3N)nc3ccccc32)CC1. The van der Waals surface area contributed by atoms with Crippen molar-refractivity contribution in [3.05, 3.63) is 40.9 Å². The van der Waals surface area contributed by atoms with Gasteiger partial charge in [0.1, 0.15) is 5.82 Å². The molecule has 0 saturated carbocycles. The van der Waals surface area contributed by atoms with Gasteiger partial charge in [-0.05, 0) is 25.0 Å². The number of halogens is 1. The molecule has 1 aliphatic heterocycles. The monoisotopic (exact) mass is 501 g/mol. The van der Waals surface area contributed by atoms with Gasteiger partial charge in [-0.25, -0.2) is 19.7 Å². The highest BCUT2D eigenvalue weighted by molar-refractivity contribution is 6.31. The summed E-state index contributed by atoms with van der Waals surface area (Å²) < 4.78 is 7.12. The van der Waals surface area contributed by atoms with Crippen molar-refractivity contribution >= 4 is 46.2 Å². The fraction of sp³-hybridized carbons (Fsp3) is 0.409. The Hall–Kier alpha value is -3.64. The molecule has 186 valence electrons. The molecule has 3 heterocycles. The van der Waals surface area contributed by atoms with E-state index in [1.54, 1.807) is 12.0 Å². The zero-order valence-corrected chi connectivity index (χ0v) is 20.1. The highest BCUT2D eigenvalue weighted by Crippen LogP contribution is 2.29. The van der Waals surface area contributed by atoms with Crippen LogP contribution in [0.15, 0.2) is 24.3 Å². The number of aromatic nitrogens is 4. The first kappa shape index (κ1) is 24.5. The fourth-order valence-corrected chi connectivity index (χ4v) is 4.30. The van der Waals surface area contributed by atoms with Crippen molar-refractivity contribution in [2.75, 3.05) is 44.8 Å². The Balaban J connectivity index is 1.49. The quantitative estimate of drug-likeness (QED) is 0.354. The molecule has 13 heteroatoms. The number of carbonyl (C=O) groups is 2. The number of anilines is 2. The smallest absolute Gasteiger partial charge is 0.317 e. The van der Waals surface area contributed by atoms with Gasteiger partial charge in [0.15, 0.2) is 22.5 Å². The number of imidazole rings is 1. The van der Waals surface area contributed by atoms with Crippen LogP contribution in [0.4, 0.5) is 16.4 Å². The van der Waals surface area contributed by atoms with Crippen LogP contribution in [0.1, 0.15) is 35.2 Å². The molecule has 6 N–H and O–H groups in total. The minimum Gasteiger partial charge on any atom is -0.383 e. The van der Waals surface area contributed by atoms with Crippen molar-refractivity contribution in [3.8, 4) is 0 Å². The van der Waals surface area contributed by atoms with Gasteiger partial charge in [0.05, 0.1) is 24.2 Å². The van der Waals surface area contributed by atoms with Crippen molar-refractivity contribution in [3.63, 3.8) is 0 Å². The molecule has 0 atom stereocenters. The average Bonchev–Trinajstić information content (AvgIpc) is 3.23. The van der Waals surface area contributed by atoms with Crippen molar-refractivity contribution in [1.29, 1.82) is 0 Å². The zero-order chi connectivity index (χ0) is 24.9. The molecule has 0 radical (unpaired) electrons. The summed E-state index contributed by atoms with van der Waals surface area (Å²) in [5.74, 6) is 0.0176. The van der Waals surface area contributed by atoms with Gasteiger partial charge >= 0.3 is 6.03 Å². The van der Waals surface area contributed by atoms with Crippen molar-refractivity contribution in [2.24, 2.45) is 0 Å². The molecule has 0 aliphatic carbocycles. The maximum Gasteiger partial charge on any atom is 0.317 e. The Kier molecular flexibility index (Phi) is 7.51. The molecule has 1 aliphatic rings. The third-order valence-corrected chi connectivity index (χ3v) is 6.17. The molecule has 0 spiro atoms. The maximum atomic E-state index is 12.7. The Morgan fingerprint density at radius 3 is 2.60 bits per heavy atom. The van der Waals surface area contributed by atoms with E-state index in [1.807, 2.05) is 24.3 Å². The second-order valence-corrected chi connectivity index (χ2v) is 8.50. The van der Waals surface area contributed by atoms with Crippen LogP contribution < -0.4 is 22.1 Å². The van der Waals surface area contributed by atoms with E-state index < -0.39 is 5.91 Å². The number of fused-ring (bicyclic) bond motifs is 1. The maximum absolute atomic E-state index is 12.7. The summed E-state index contributed by atoms with van der Waals surface area (Å²) in [7, 11) is 1.60. The van der Waals surface area contributed by atoms with Crippen LogP contribution in [0, 0.1) is 0 Å². The Morgan fingerprint density at radius 2 is 1.86 bits per heavy atom. The number of urea groups is 1. The summed E-state index contributed by atoms with van der Waals surface area (Å²) >= 11 is 5.91. The molecule has 2 aromatic heterocycles. The topological polar surface area (TPSA) is 166 Å². The lowest BCUT2D eigenvalue weighted by Crippen LogP contribution is -2.45. The highest BCUT2D eigenvalue weighted by atomic mass is 35.5. The molecule has 1 fully saturated rings. The minimum absolute atomic E-state index is 0.0405. The van der Waals surface area contributed by atoms with Gasteiger partial charge in [0.2, 0.25) is 0 Å². The van der Waals surface area contributed by atoms with Gasteiger partial charge in [-0.3, -0.25) is 4.79 Å². The molecule has 3 amide bonds. The van der Waals surface area contributed by atoms with Gasteiger partial charge in [-0.1, -0.05) is 23.7 Å². The van der Waals surface area contributed by atoms with Crippen molar-refractivity contribution < 1.29 is 14.3 Å². The van der Waals surface area contributed by atoms with Gasteiger partial charge in [0.25, 0.3) is 5.91 Å². The molecule has 35 heavy (non-hydrogen) atoms.